The Morgan fingerprint density at radius 1 is 1.33 bits per heavy atom. The molecule has 5 nitrogen and oxygen atoms in total. The molecule has 1 aromatic carbocycles. The molecule has 0 amide bonds. The van der Waals surface area contributed by atoms with Crippen molar-refractivity contribution in [3.8, 4) is 5.75 Å². The summed E-state index contributed by atoms with van der Waals surface area (Å²) in [5, 5.41) is 0.850. The standard InChI is InChI=1S/C18H22N2O3.ClH/c1-22-13-4-5-16-14(9-13)15(10-19-16)18(21)23-11-12-6-8-20-7-2-3-17(12)20;/h4-5,9-10,12,17,19H,2-3,6-8,11H2,1H3;1H/t12-,17-;/m0./s1. The number of methoxy groups -OCH3 is 1. The lowest BCUT2D eigenvalue weighted by Gasteiger charge is -2.19. The van der Waals surface area contributed by atoms with Crippen LogP contribution in [0.1, 0.15) is 29.6 Å². The van der Waals surface area contributed by atoms with Crippen molar-refractivity contribution in [2.45, 2.75) is 25.3 Å². The highest BCUT2D eigenvalue weighted by Gasteiger charge is 2.37. The minimum atomic E-state index is -0.249. The van der Waals surface area contributed by atoms with Gasteiger partial charge in [0.25, 0.3) is 0 Å². The summed E-state index contributed by atoms with van der Waals surface area (Å²) < 4.78 is 10.9. The van der Waals surface area contributed by atoms with Crippen LogP contribution >= 0.6 is 12.4 Å². The highest BCUT2D eigenvalue weighted by Crippen LogP contribution is 2.33. The molecule has 0 spiro atoms. The van der Waals surface area contributed by atoms with E-state index >= 15 is 0 Å². The molecular weight excluding hydrogens is 328 g/mol. The van der Waals surface area contributed by atoms with Gasteiger partial charge in [-0.15, -0.1) is 12.4 Å². The maximum atomic E-state index is 12.5. The summed E-state index contributed by atoms with van der Waals surface area (Å²) in [4.78, 5) is 18.1. The van der Waals surface area contributed by atoms with Crippen LogP contribution in [0.4, 0.5) is 0 Å². The zero-order valence-electron chi connectivity index (χ0n) is 13.8. The summed E-state index contributed by atoms with van der Waals surface area (Å²) in [5.74, 6) is 0.977. The molecule has 6 heteroatoms. The molecule has 4 rings (SSSR count). The van der Waals surface area contributed by atoms with Gasteiger partial charge in [0, 0.05) is 29.1 Å². The summed E-state index contributed by atoms with van der Waals surface area (Å²) in [5.41, 5.74) is 1.50. The van der Waals surface area contributed by atoms with Crippen LogP contribution in [0.2, 0.25) is 0 Å². The molecule has 24 heavy (non-hydrogen) atoms. The van der Waals surface area contributed by atoms with E-state index in [1.165, 1.54) is 19.4 Å². The second kappa shape index (κ2) is 7.03. The van der Waals surface area contributed by atoms with E-state index in [0.717, 1.165) is 29.6 Å². The van der Waals surface area contributed by atoms with Gasteiger partial charge in [-0.3, -0.25) is 4.90 Å². The van der Waals surface area contributed by atoms with Crippen molar-refractivity contribution >= 4 is 29.3 Å². The number of fused-ring (bicyclic) bond motifs is 2. The molecule has 0 saturated carbocycles. The van der Waals surface area contributed by atoms with Crippen molar-refractivity contribution in [1.82, 2.24) is 9.88 Å². The van der Waals surface area contributed by atoms with Crippen LogP contribution in [-0.4, -0.2) is 48.7 Å². The summed E-state index contributed by atoms with van der Waals surface area (Å²) in [6.45, 7) is 2.88. The van der Waals surface area contributed by atoms with Crippen molar-refractivity contribution < 1.29 is 14.3 Å². The summed E-state index contributed by atoms with van der Waals surface area (Å²) in [7, 11) is 1.62. The number of ether oxygens (including phenoxy) is 2. The van der Waals surface area contributed by atoms with Crippen molar-refractivity contribution in [1.29, 1.82) is 0 Å². The second-order valence-electron chi connectivity index (χ2n) is 6.51. The van der Waals surface area contributed by atoms with E-state index in [2.05, 4.69) is 9.88 Å². The molecule has 0 aliphatic carbocycles. The van der Waals surface area contributed by atoms with Crippen LogP contribution in [-0.2, 0) is 4.74 Å². The minimum Gasteiger partial charge on any atom is -0.497 e. The van der Waals surface area contributed by atoms with Gasteiger partial charge in [0.2, 0.25) is 0 Å². The normalized spacial score (nSPS) is 23.0. The van der Waals surface area contributed by atoms with Gasteiger partial charge in [-0.2, -0.15) is 0 Å². The molecular formula is C18H23ClN2O3. The Morgan fingerprint density at radius 2 is 2.21 bits per heavy atom. The smallest absolute Gasteiger partial charge is 0.340 e. The zero-order chi connectivity index (χ0) is 15.8. The van der Waals surface area contributed by atoms with Crippen LogP contribution in [0.3, 0.4) is 0 Å². The third-order valence-electron chi connectivity index (χ3n) is 5.28. The number of carbonyl (C=O) groups is 1. The molecule has 0 bridgehead atoms. The number of rotatable bonds is 4. The topological polar surface area (TPSA) is 54.6 Å². The number of nitrogens with zero attached hydrogens (tertiary/aromatic N) is 1. The average molecular weight is 351 g/mol. The number of benzene rings is 1. The van der Waals surface area contributed by atoms with Crippen molar-refractivity contribution in [3.05, 3.63) is 30.0 Å². The fourth-order valence-electron chi connectivity index (χ4n) is 4.04. The first-order valence-electron chi connectivity index (χ1n) is 8.32. The van der Waals surface area contributed by atoms with E-state index in [4.69, 9.17) is 9.47 Å². The lowest BCUT2D eigenvalue weighted by Crippen LogP contribution is -2.28. The van der Waals surface area contributed by atoms with Gasteiger partial charge in [0.1, 0.15) is 5.75 Å². The summed E-state index contributed by atoms with van der Waals surface area (Å²) in [6.07, 6.45) is 5.38. The molecule has 2 atom stereocenters. The summed E-state index contributed by atoms with van der Waals surface area (Å²) >= 11 is 0. The SMILES string of the molecule is COc1ccc2[nH]cc(C(=O)OC[C@@H]3CCN4CCC[C@@H]34)c2c1.Cl. The van der Waals surface area contributed by atoms with Crippen molar-refractivity contribution in [2.75, 3.05) is 26.8 Å². The fourth-order valence-corrected chi connectivity index (χ4v) is 4.04. The Kier molecular flexibility index (Phi) is 5.01. The number of aromatic nitrogens is 1. The van der Waals surface area contributed by atoms with E-state index in [9.17, 15) is 4.79 Å². The first kappa shape index (κ1) is 17.1. The minimum absolute atomic E-state index is 0. The van der Waals surface area contributed by atoms with Gasteiger partial charge < -0.3 is 14.5 Å². The van der Waals surface area contributed by atoms with E-state index in [1.54, 1.807) is 13.3 Å². The Labute approximate surface area is 147 Å². The first-order valence-corrected chi connectivity index (χ1v) is 8.32. The zero-order valence-corrected chi connectivity index (χ0v) is 14.6. The molecule has 2 saturated heterocycles. The van der Waals surface area contributed by atoms with Gasteiger partial charge in [0.05, 0.1) is 19.3 Å². The van der Waals surface area contributed by atoms with Gasteiger partial charge >= 0.3 is 5.97 Å². The third-order valence-corrected chi connectivity index (χ3v) is 5.28. The average Bonchev–Trinajstić information content (AvgIpc) is 3.27. The molecule has 3 heterocycles. The fraction of sp³-hybridized carbons (Fsp3) is 0.500. The molecule has 130 valence electrons. The molecule has 1 N–H and O–H groups in total. The lowest BCUT2D eigenvalue weighted by molar-refractivity contribution is 0.0421. The van der Waals surface area contributed by atoms with Crippen LogP contribution in [0.5, 0.6) is 5.75 Å². The number of aromatic amines is 1. The van der Waals surface area contributed by atoms with Gasteiger partial charge in [-0.05, 0) is 50.6 Å². The van der Waals surface area contributed by atoms with Crippen LogP contribution in [0, 0.1) is 5.92 Å². The Morgan fingerprint density at radius 3 is 3.04 bits per heavy atom. The molecule has 2 aromatic rings. The number of carbonyl (C=O) groups excluding carboxylic acids is 1. The van der Waals surface area contributed by atoms with Crippen LogP contribution in [0.25, 0.3) is 10.9 Å². The van der Waals surface area contributed by atoms with E-state index < -0.39 is 0 Å². The molecule has 2 fully saturated rings. The predicted octanol–water partition coefficient (Wildman–Crippen LogP) is 3.24. The molecule has 0 radical (unpaired) electrons. The molecule has 1 aromatic heterocycles. The molecule has 0 unspecified atom stereocenters. The highest BCUT2D eigenvalue weighted by atomic mass is 35.5. The van der Waals surface area contributed by atoms with Crippen LogP contribution in [0.15, 0.2) is 24.4 Å². The number of hydrogen-bond donors (Lipinski definition) is 1. The van der Waals surface area contributed by atoms with Crippen LogP contribution < -0.4 is 4.74 Å². The quantitative estimate of drug-likeness (QED) is 0.860. The monoisotopic (exact) mass is 350 g/mol. The van der Waals surface area contributed by atoms with Gasteiger partial charge in [0.15, 0.2) is 0 Å². The van der Waals surface area contributed by atoms with E-state index in [-0.39, 0.29) is 18.4 Å². The number of halogens is 1. The molecule has 2 aliphatic rings. The Hall–Kier alpha value is -1.72. The van der Waals surface area contributed by atoms with Crippen molar-refractivity contribution in [2.24, 2.45) is 5.92 Å². The number of esters is 1. The van der Waals surface area contributed by atoms with Crippen molar-refractivity contribution in [3.63, 3.8) is 0 Å². The third kappa shape index (κ3) is 2.98. The Bertz CT molecular complexity index is 730. The van der Waals surface area contributed by atoms with E-state index in [0.29, 0.717) is 24.1 Å². The van der Waals surface area contributed by atoms with Gasteiger partial charge in [-0.1, -0.05) is 0 Å². The number of hydrogen-bond acceptors (Lipinski definition) is 4. The first-order chi connectivity index (χ1) is 11.3. The predicted molar refractivity (Wildman–Crippen MR) is 95.1 cm³/mol. The summed E-state index contributed by atoms with van der Waals surface area (Å²) in [6, 6.07) is 6.28. The maximum absolute atomic E-state index is 12.5. The molecule has 2 aliphatic heterocycles. The second-order valence-corrected chi connectivity index (χ2v) is 6.51. The van der Waals surface area contributed by atoms with E-state index in [1.807, 2.05) is 18.2 Å². The lowest BCUT2D eigenvalue weighted by atomic mass is 9.99. The van der Waals surface area contributed by atoms with Gasteiger partial charge in [-0.25, -0.2) is 4.79 Å². The number of H-pyrrole nitrogens is 1. The maximum Gasteiger partial charge on any atom is 0.340 e. The number of nitrogens with one attached hydrogen (secondary N) is 1. The Balaban J connectivity index is 0.00000169. The highest BCUT2D eigenvalue weighted by molar-refractivity contribution is 6.04. The largest absolute Gasteiger partial charge is 0.497 e.